The lowest BCUT2D eigenvalue weighted by molar-refractivity contribution is 0.0955. The van der Waals surface area contributed by atoms with Crippen LogP contribution in [0.1, 0.15) is 20.8 Å². The number of amides is 1. The number of carbonyl (C=O) groups excluding carboxylic acids is 1. The number of thiophene rings is 1. The number of hydrogen-bond donors (Lipinski definition) is 1. The van der Waals surface area contributed by atoms with Gasteiger partial charge >= 0.3 is 0 Å². The molecule has 3 nitrogen and oxygen atoms in total. The van der Waals surface area contributed by atoms with Gasteiger partial charge in [-0.1, -0.05) is 24.3 Å². The molecule has 1 aromatic carbocycles. The molecule has 0 spiro atoms. The van der Waals surface area contributed by atoms with Gasteiger partial charge in [-0.05, 0) is 35.6 Å². The summed E-state index contributed by atoms with van der Waals surface area (Å²) in [5.74, 6) is -0.0374. The Kier molecular flexibility index (Phi) is 3.48. The van der Waals surface area contributed by atoms with E-state index in [0.717, 1.165) is 21.3 Å². The summed E-state index contributed by atoms with van der Waals surface area (Å²) in [6.07, 6.45) is 1.78. The second kappa shape index (κ2) is 5.43. The Morgan fingerprint density at radius 3 is 2.95 bits per heavy atom. The molecule has 4 heteroatoms. The standard InChI is InChI=1S/C16H14N2OS/c1-11-6-7-12(15-13(11)4-2-8-17-15)10-18-16(19)14-5-3-9-20-14/h2-9H,10H2,1H3,(H,18,19). The fraction of sp³-hybridized carbons (Fsp3) is 0.125. The van der Waals surface area contributed by atoms with Gasteiger partial charge in [-0.15, -0.1) is 11.3 Å². The third-order valence-corrected chi connectivity index (χ3v) is 4.12. The summed E-state index contributed by atoms with van der Waals surface area (Å²) in [4.78, 5) is 17.1. The van der Waals surface area contributed by atoms with Gasteiger partial charge in [0.25, 0.3) is 5.91 Å². The predicted octanol–water partition coefficient (Wildman–Crippen LogP) is 3.53. The van der Waals surface area contributed by atoms with Crippen molar-refractivity contribution in [3.8, 4) is 0 Å². The van der Waals surface area contributed by atoms with Crippen LogP contribution in [-0.4, -0.2) is 10.9 Å². The molecule has 1 N–H and O–H groups in total. The van der Waals surface area contributed by atoms with Crippen molar-refractivity contribution in [2.75, 3.05) is 0 Å². The van der Waals surface area contributed by atoms with Crippen LogP contribution in [-0.2, 0) is 6.54 Å². The van der Waals surface area contributed by atoms with Crippen molar-refractivity contribution in [2.24, 2.45) is 0 Å². The van der Waals surface area contributed by atoms with Crippen molar-refractivity contribution in [3.05, 3.63) is 64.0 Å². The first-order valence-corrected chi connectivity index (χ1v) is 7.28. The highest BCUT2D eigenvalue weighted by Gasteiger charge is 2.08. The van der Waals surface area contributed by atoms with Crippen molar-refractivity contribution in [1.82, 2.24) is 10.3 Å². The Morgan fingerprint density at radius 1 is 1.25 bits per heavy atom. The quantitative estimate of drug-likeness (QED) is 0.798. The van der Waals surface area contributed by atoms with Gasteiger partial charge < -0.3 is 5.32 Å². The summed E-state index contributed by atoms with van der Waals surface area (Å²) >= 11 is 1.44. The normalized spacial score (nSPS) is 10.7. The molecular formula is C16H14N2OS. The van der Waals surface area contributed by atoms with E-state index in [1.165, 1.54) is 16.9 Å². The average molecular weight is 282 g/mol. The van der Waals surface area contributed by atoms with Crippen LogP contribution in [0, 0.1) is 6.92 Å². The summed E-state index contributed by atoms with van der Waals surface area (Å²) in [7, 11) is 0. The molecule has 2 heterocycles. The lowest BCUT2D eigenvalue weighted by Gasteiger charge is -2.09. The monoisotopic (exact) mass is 282 g/mol. The van der Waals surface area contributed by atoms with E-state index in [0.29, 0.717) is 6.54 Å². The Labute approximate surface area is 121 Å². The van der Waals surface area contributed by atoms with E-state index in [-0.39, 0.29) is 5.91 Å². The van der Waals surface area contributed by atoms with Crippen molar-refractivity contribution >= 4 is 28.1 Å². The fourth-order valence-electron chi connectivity index (χ4n) is 2.19. The molecule has 0 fully saturated rings. The van der Waals surface area contributed by atoms with E-state index < -0.39 is 0 Å². The molecule has 2 aromatic heterocycles. The number of nitrogens with one attached hydrogen (secondary N) is 1. The maximum Gasteiger partial charge on any atom is 0.261 e. The first kappa shape index (κ1) is 12.8. The highest BCUT2D eigenvalue weighted by atomic mass is 32.1. The minimum absolute atomic E-state index is 0.0374. The van der Waals surface area contributed by atoms with E-state index >= 15 is 0 Å². The van der Waals surface area contributed by atoms with Crippen LogP contribution in [0.25, 0.3) is 10.9 Å². The molecular weight excluding hydrogens is 268 g/mol. The number of aromatic nitrogens is 1. The van der Waals surface area contributed by atoms with Crippen LogP contribution in [0.2, 0.25) is 0 Å². The summed E-state index contributed by atoms with van der Waals surface area (Å²) in [6.45, 7) is 2.56. The van der Waals surface area contributed by atoms with E-state index in [1.807, 2.05) is 29.6 Å². The molecule has 0 atom stereocenters. The number of fused-ring (bicyclic) bond motifs is 1. The highest BCUT2D eigenvalue weighted by Crippen LogP contribution is 2.20. The first-order valence-electron chi connectivity index (χ1n) is 6.40. The van der Waals surface area contributed by atoms with Crippen molar-refractivity contribution in [2.45, 2.75) is 13.5 Å². The molecule has 3 aromatic rings. The first-order chi connectivity index (χ1) is 9.75. The molecule has 0 saturated carbocycles. The van der Waals surface area contributed by atoms with Gasteiger partial charge in [0.05, 0.1) is 10.4 Å². The molecule has 0 unspecified atom stereocenters. The topological polar surface area (TPSA) is 42.0 Å². The van der Waals surface area contributed by atoms with Gasteiger partial charge in [0.1, 0.15) is 0 Å². The molecule has 3 rings (SSSR count). The van der Waals surface area contributed by atoms with Gasteiger partial charge in [-0.2, -0.15) is 0 Å². The third-order valence-electron chi connectivity index (χ3n) is 3.26. The Morgan fingerprint density at radius 2 is 2.15 bits per heavy atom. The second-order valence-electron chi connectivity index (χ2n) is 4.60. The zero-order chi connectivity index (χ0) is 13.9. The Hall–Kier alpha value is -2.20. The summed E-state index contributed by atoms with van der Waals surface area (Å²) < 4.78 is 0. The third kappa shape index (κ3) is 2.42. The molecule has 0 aliphatic rings. The van der Waals surface area contributed by atoms with Crippen LogP contribution < -0.4 is 5.32 Å². The summed E-state index contributed by atoms with van der Waals surface area (Å²) in [5.41, 5.74) is 3.19. The number of hydrogen-bond acceptors (Lipinski definition) is 3. The number of benzene rings is 1. The lowest BCUT2D eigenvalue weighted by Crippen LogP contribution is -2.22. The van der Waals surface area contributed by atoms with Gasteiger partial charge in [-0.25, -0.2) is 0 Å². The Bertz CT molecular complexity index is 750. The second-order valence-corrected chi connectivity index (χ2v) is 5.55. The molecule has 100 valence electrons. The van der Waals surface area contributed by atoms with Crippen LogP contribution in [0.15, 0.2) is 48.0 Å². The maximum atomic E-state index is 12.0. The minimum atomic E-state index is -0.0374. The van der Waals surface area contributed by atoms with Crippen LogP contribution >= 0.6 is 11.3 Å². The van der Waals surface area contributed by atoms with E-state index in [1.54, 1.807) is 6.20 Å². The van der Waals surface area contributed by atoms with Gasteiger partial charge in [0, 0.05) is 18.1 Å². The zero-order valence-electron chi connectivity index (χ0n) is 11.1. The smallest absolute Gasteiger partial charge is 0.261 e. The van der Waals surface area contributed by atoms with E-state index in [4.69, 9.17) is 0 Å². The number of carbonyl (C=O) groups is 1. The van der Waals surface area contributed by atoms with Crippen LogP contribution in [0.3, 0.4) is 0 Å². The molecule has 0 aliphatic carbocycles. The zero-order valence-corrected chi connectivity index (χ0v) is 11.9. The van der Waals surface area contributed by atoms with Crippen LogP contribution in [0.4, 0.5) is 0 Å². The molecule has 0 aliphatic heterocycles. The van der Waals surface area contributed by atoms with Gasteiger partial charge in [-0.3, -0.25) is 9.78 Å². The van der Waals surface area contributed by atoms with Crippen LogP contribution in [0.5, 0.6) is 0 Å². The average Bonchev–Trinajstić information content (AvgIpc) is 3.01. The fourth-order valence-corrected chi connectivity index (χ4v) is 2.83. The number of nitrogens with zero attached hydrogens (tertiary/aromatic N) is 1. The number of pyridine rings is 1. The van der Waals surface area contributed by atoms with E-state index in [2.05, 4.69) is 29.4 Å². The molecule has 0 saturated heterocycles. The summed E-state index contributed by atoms with van der Waals surface area (Å²) in [5, 5.41) is 5.98. The van der Waals surface area contributed by atoms with Crippen molar-refractivity contribution < 1.29 is 4.79 Å². The highest BCUT2D eigenvalue weighted by molar-refractivity contribution is 7.12. The van der Waals surface area contributed by atoms with Crippen molar-refractivity contribution in [1.29, 1.82) is 0 Å². The molecule has 0 radical (unpaired) electrons. The largest absolute Gasteiger partial charge is 0.347 e. The van der Waals surface area contributed by atoms with Crippen molar-refractivity contribution in [3.63, 3.8) is 0 Å². The van der Waals surface area contributed by atoms with E-state index in [9.17, 15) is 4.79 Å². The molecule has 20 heavy (non-hydrogen) atoms. The minimum Gasteiger partial charge on any atom is -0.347 e. The lowest BCUT2D eigenvalue weighted by atomic mass is 10.0. The molecule has 0 bridgehead atoms. The summed E-state index contributed by atoms with van der Waals surface area (Å²) in [6, 6.07) is 11.8. The predicted molar refractivity (Wildman–Crippen MR) is 82.0 cm³/mol. The number of rotatable bonds is 3. The molecule has 1 amide bonds. The Balaban J connectivity index is 1.85. The van der Waals surface area contributed by atoms with Gasteiger partial charge in [0.2, 0.25) is 0 Å². The SMILES string of the molecule is Cc1ccc(CNC(=O)c2cccs2)c2ncccc12. The maximum absolute atomic E-state index is 12.0. The van der Waals surface area contributed by atoms with Gasteiger partial charge in [0.15, 0.2) is 0 Å². The number of aryl methyl sites for hydroxylation is 1.